The van der Waals surface area contributed by atoms with Crippen molar-refractivity contribution >= 4 is 5.91 Å². The summed E-state index contributed by atoms with van der Waals surface area (Å²) in [5, 5.41) is 9.85. The highest BCUT2D eigenvalue weighted by Crippen LogP contribution is 2.37. The lowest BCUT2D eigenvalue weighted by Gasteiger charge is -2.35. The number of likely N-dealkylation sites (N-methyl/N-ethyl adjacent to an activating group) is 1. The van der Waals surface area contributed by atoms with E-state index in [4.69, 9.17) is 9.47 Å². The van der Waals surface area contributed by atoms with Crippen molar-refractivity contribution in [3.63, 3.8) is 0 Å². The normalized spacial score (nSPS) is 17.0. The maximum atomic E-state index is 12.9. The van der Waals surface area contributed by atoms with Crippen molar-refractivity contribution in [3.8, 4) is 17.2 Å². The Hall–Kier alpha value is -3.94. The molecule has 0 aromatic heterocycles. The molecule has 0 fully saturated rings. The summed E-state index contributed by atoms with van der Waals surface area (Å²) < 4.78 is 50.2. The second kappa shape index (κ2) is 10.2. The van der Waals surface area contributed by atoms with Crippen molar-refractivity contribution in [1.29, 1.82) is 0 Å². The molecule has 5 nitrogen and oxygen atoms in total. The molecule has 1 N–H and O–H groups in total. The van der Waals surface area contributed by atoms with Gasteiger partial charge in [-0.25, -0.2) is 0 Å². The van der Waals surface area contributed by atoms with Gasteiger partial charge in [-0.3, -0.25) is 4.79 Å². The lowest BCUT2D eigenvalue weighted by Crippen LogP contribution is -2.40. The summed E-state index contributed by atoms with van der Waals surface area (Å²) in [5.74, 6) is 1.70. The van der Waals surface area contributed by atoms with E-state index in [2.05, 4.69) is 0 Å². The van der Waals surface area contributed by atoms with Gasteiger partial charge in [0.05, 0.1) is 5.56 Å². The van der Waals surface area contributed by atoms with Crippen LogP contribution in [0.25, 0.3) is 0 Å². The summed E-state index contributed by atoms with van der Waals surface area (Å²) in [7, 11) is 1.65. The Labute approximate surface area is 213 Å². The molecule has 37 heavy (non-hydrogen) atoms. The number of carbonyl (C=O) groups excluding carboxylic acids is 1. The van der Waals surface area contributed by atoms with Crippen LogP contribution < -0.4 is 9.47 Å². The van der Waals surface area contributed by atoms with Gasteiger partial charge in [0.2, 0.25) is 0 Å². The number of aliphatic hydroxyl groups is 1. The van der Waals surface area contributed by atoms with E-state index < -0.39 is 17.3 Å². The number of alkyl halides is 3. The summed E-state index contributed by atoms with van der Waals surface area (Å²) in [6.07, 6.45) is -1.59. The number of halogens is 3. The molecule has 194 valence electrons. The lowest BCUT2D eigenvalue weighted by atomic mass is 9.88. The third-order valence-corrected chi connectivity index (χ3v) is 6.39. The molecule has 0 saturated carbocycles. The SMILES string of the molecule is Cc1cc(Oc2cccc(C(=O)N(C)CCc3ccc(C(F)(F)F)cc3)c2)ccc1OC1(C)CC=C1O. The molecule has 0 radical (unpaired) electrons. The summed E-state index contributed by atoms with van der Waals surface area (Å²) in [6, 6.07) is 17.1. The van der Waals surface area contributed by atoms with E-state index in [0.717, 1.165) is 17.7 Å². The number of rotatable bonds is 8. The lowest BCUT2D eigenvalue weighted by molar-refractivity contribution is -0.137. The highest BCUT2D eigenvalue weighted by molar-refractivity contribution is 5.94. The quantitative estimate of drug-likeness (QED) is 0.350. The van der Waals surface area contributed by atoms with Crippen LogP contribution in [0.15, 0.2) is 78.6 Å². The van der Waals surface area contributed by atoms with Crippen LogP contribution in [0.2, 0.25) is 0 Å². The Kier molecular flexibility index (Phi) is 7.21. The van der Waals surface area contributed by atoms with Crippen LogP contribution in [0, 0.1) is 6.92 Å². The molecule has 1 atom stereocenters. The van der Waals surface area contributed by atoms with Gasteiger partial charge in [0, 0.05) is 25.6 Å². The molecule has 1 unspecified atom stereocenters. The van der Waals surface area contributed by atoms with Crippen LogP contribution >= 0.6 is 0 Å². The fourth-order valence-electron chi connectivity index (χ4n) is 3.93. The Morgan fingerprint density at radius 1 is 1.05 bits per heavy atom. The van der Waals surface area contributed by atoms with Crippen molar-refractivity contribution in [2.24, 2.45) is 0 Å². The van der Waals surface area contributed by atoms with E-state index in [1.54, 1.807) is 49.5 Å². The number of aryl methyl sites for hydroxylation is 1. The highest BCUT2D eigenvalue weighted by Gasteiger charge is 2.38. The number of nitrogens with zero attached hydrogens (tertiary/aromatic N) is 1. The van der Waals surface area contributed by atoms with Crippen LogP contribution in [0.5, 0.6) is 17.2 Å². The number of amides is 1. The van der Waals surface area contributed by atoms with Crippen LogP contribution in [-0.4, -0.2) is 35.1 Å². The minimum atomic E-state index is -4.37. The largest absolute Gasteiger partial charge is 0.508 e. The standard InChI is InChI=1S/C29H28F3NO4/c1-19-17-24(11-12-25(19)37-28(2)15-13-26(28)34)36-23-6-4-5-21(18-23)27(35)33(3)16-14-20-7-9-22(10-8-20)29(30,31)32/h4-13,17-18,34H,14-16H2,1-3H3. The van der Waals surface area contributed by atoms with Crippen molar-refractivity contribution in [1.82, 2.24) is 4.90 Å². The Bertz CT molecular complexity index is 1320. The summed E-state index contributed by atoms with van der Waals surface area (Å²) in [6.45, 7) is 4.06. The summed E-state index contributed by atoms with van der Waals surface area (Å²) in [5.41, 5.74) is 0.585. The Morgan fingerprint density at radius 3 is 2.35 bits per heavy atom. The average molecular weight is 512 g/mol. The molecule has 0 saturated heterocycles. The number of hydrogen-bond acceptors (Lipinski definition) is 4. The third-order valence-electron chi connectivity index (χ3n) is 6.39. The monoisotopic (exact) mass is 511 g/mol. The molecule has 3 aromatic rings. The molecule has 1 aliphatic carbocycles. The first kappa shape index (κ1) is 26.1. The van der Waals surface area contributed by atoms with Crippen LogP contribution in [0.3, 0.4) is 0 Å². The molecule has 1 amide bonds. The molecule has 4 rings (SSSR count). The van der Waals surface area contributed by atoms with Gasteiger partial charge in [0.1, 0.15) is 23.0 Å². The number of carbonyl (C=O) groups is 1. The Balaban J connectivity index is 1.36. The van der Waals surface area contributed by atoms with Crippen molar-refractivity contribution in [2.45, 2.75) is 38.5 Å². The molecule has 1 aliphatic rings. The summed E-state index contributed by atoms with van der Waals surface area (Å²) >= 11 is 0. The van der Waals surface area contributed by atoms with Crippen molar-refractivity contribution in [2.75, 3.05) is 13.6 Å². The van der Waals surface area contributed by atoms with Gasteiger partial charge in [-0.05, 0) is 86.0 Å². The zero-order valence-corrected chi connectivity index (χ0v) is 20.8. The Morgan fingerprint density at radius 2 is 1.76 bits per heavy atom. The number of ether oxygens (including phenoxy) is 2. The predicted molar refractivity (Wildman–Crippen MR) is 134 cm³/mol. The van der Waals surface area contributed by atoms with E-state index in [9.17, 15) is 23.1 Å². The van der Waals surface area contributed by atoms with Gasteiger partial charge in [0.25, 0.3) is 5.91 Å². The third kappa shape index (κ3) is 6.07. The van der Waals surface area contributed by atoms with Crippen molar-refractivity contribution in [3.05, 3.63) is 101 Å². The molecular weight excluding hydrogens is 483 g/mol. The van der Waals surface area contributed by atoms with Gasteiger partial charge in [-0.1, -0.05) is 18.2 Å². The van der Waals surface area contributed by atoms with Gasteiger partial charge < -0.3 is 19.5 Å². The van der Waals surface area contributed by atoms with Crippen LogP contribution in [0.4, 0.5) is 13.2 Å². The van der Waals surface area contributed by atoms with E-state index >= 15 is 0 Å². The number of aliphatic hydroxyl groups excluding tert-OH is 1. The fourth-order valence-corrected chi connectivity index (χ4v) is 3.93. The average Bonchev–Trinajstić information content (AvgIpc) is 2.87. The molecular formula is C29H28F3NO4. The van der Waals surface area contributed by atoms with Gasteiger partial charge in [-0.15, -0.1) is 0 Å². The maximum Gasteiger partial charge on any atom is 0.416 e. The molecule has 8 heteroatoms. The first-order valence-electron chi connectivity index (χ1n) is 11.8. The van der Waals surface area contributed by atoms with Crippen molar-refractivity contribution < 1.29 is 32.5 Å². The van der Waals surface area contributed by atoms with Crippen LogP contribution in [-0.2, 0) is 12.6 Å². The molecule has 0 aliphatic heterocycles. The van der Waals surface area contributed by atoms with Gasteiger partial charge >= 0.3 is 6.18 Å². The minimum Gasteiger partial charge on any atom is -0.508 e. The van der Waals surface area contributed by atoms with Crippen LogP contribution in [0.1, 0.15) is 40.4 Å². The molecule has 0 heterocycles. The zero-order chi connectivity index (χ0) is 26.8. The summed E-state index contributed by atoms with van der Waals surface area (Å²) in [4.78, 5) is 14.5. The minimum absolute atomic E-state index is 0.220. The first-order chi connectivity index (χ1) is 17.4. The second-order valence-electron chi connectivity index (χ2n) is 9.35. The van der Waals surface area contributed by atoms with E-state index in [0.29, 0.717) is 47.8 Å². The second-order valence-corrected chi connectivity index (χ2v) is 9.35. The highest BCUT2D eigenvalue weighted by atomic mass is 19.4. The van der Waals surface area contributed by atoms with E-state index in [-0.39, 0.29) is 11.7 Å². The topological polar surface area (TPSA) is 59.0 Å². The van der Waals surface area contributed by atoms with Gasteiger partial charge in [-0.2, -0.15) is 13.2 Å². The molecule has 3 aromatic carbocycles. The fraction of sp³-hybridized carbons (Fsp3) is 0.276. The molecule has 0 spiro atoms. The smallest absolute Gasteiger partial charge is 0.416 e. The van der Waals surface area contributed by atoms with E-state index in [1.165, 1.54) is 17.0 Å². The first-order valence-corrected chi connectivity index (χ1v) is 11.8. The molecule has 0 bridgehead atoms. The predicted octanol–water partition coefficient (Wildman–Crippen LogP) is 7.10. The van der Waals surface area contributed by atoms with Gasteiger partial charge in [0.15, 0.2) is 5.60 Å². The number of hydrogen-bond donors (Lipinski definition) is 1. The zero-order valence-electron chi connectivity index (χ0n) is 20.8. The maximum absolute atomic E-state index is 12.9. The van der Waals surface area contributed by atoms with E-state index in [1.807, 2.05) is 19.9 Å². The number of benzene rings is 3.